The quantitative estimate of drug-likeness (QED) is 0.295. The van der Waals surface area contributed by atoms with Crippen LogP contribution in [0.15, 0.2) is 71.3 Å². The van der Waals surface area contributed by atoms with Crippen LogP contribution in [0.5, 0.6) is 5.75 Å². The normalized spacial score (nSPS) is 11.6. The molecule has 5 heteroatoms. The second-order valence-corrected chi connectivity index (χ2v) is 9.73. The van der Waals surface area contributed by atoms with Crippen molar-refractivity contribution in [2.24, 2.45) is 5.73 Å². The van der Waals surface area contributed by atoms with Gasteiger partial charge in [0.25, 0.3) is 0 Å². The average Bonchev–Trinajstić information content (AvgIpc) is 3.31. The molecule has 1 heterocycles. The number of rotatable bonds is 8. The number of hydrogen-bond acceptors (Lipinski definition) is 5. The van der Waals surface area contributed by atoms with Gasteiger partial charge in [-0.1, -0.05) is 51.1 Å². The molecule has 0 aliphatic carbocycles. The molecule has 35 heavy (non-hydrogen) atoms. The van der Waals surface area contributed by atoms with E-state index >= 15 is 0 Å². The van der Waals surface area contributed by atoms with Gasteiger partial charge in [-0.2, -0.15) is 0 Å². The monoisotopic (exact) mass is 471 g/mol. The number of ether oxygens (including phenoxy) is 2. The van der Waals surface area contributed by atoms with Crippen molar-refractivity contribution < 1.29 is 18.7 Å². The topological polar surface area (TPSA) is 74.7 Å². The summed E-state index contributed by atoms with van der Waals surface area (Å²) in [6.45, 7) is 9.47. The van der Waals surface area contributed by atoms with E-state index in [2.05, 4.69) is 51.1 Å². The highest BCUT2D eigenvalue weighted by atomic mass is 16.5. The third-order valence-corrected chi connectivity index (χ3v) is 6.05. The van der Waals surface area contributed by atoms with Gasteiger partial charge in [-0.05, 0) is 64.9 Å². The molecule has 0 bridgehead atoms. The molecule has 0 aliphatic rings. The standard InChI is InChI=1S/C30H33NO4/c1-5-33-28(32)16-23-9-10-25(30(2,3)4)17-27(23)35-19-21-14-24-11-12-34-29(24)26(15-21)22-8-6-7-20(13-22)18-31/h6-15,17H,5,16,18-19,31H2,1-4H3. The second-order valence-electron chi connectivity index (χ2n) is 9.73. The Morgan fingerprint density at radius 3 is 2.57 bits per heavy atom. The van der Waals surface area contributed by atoms with Gasteiger partial charge in [-0.15, -0.1) is 0 Å². The third kappa shape index (κ3) is 5.75. The van der Waals surface area contributed by atoms with Gasteiger partial charge in [0.2, 0.25) is 0 Å². The Bertz CT molecular complexity index is 1330. The molecule has 1 aromatic heterocycles. The van der Waals surface area contributed by atoms with Gasteiger partial charge in [0, 0.05) is 23.1 Å². The molecular weight excluding hydrogens is 438 g/mol. The van der Waals surface area contributed by atoms with Crippen molar-refractivity contribution >= 4 is 16.9 Å². The molecule has 2 N–H and O–H groups in total. The molecule has 4 rings (SSSR count). The minimum absolute atomic E-state index is 0.0442. The summed E-state index contributed by atoms with van der Waals surface area (Å²) in [5.41, 5.74) is 12.7. The Kier molecular flexibility index (Phi) is 7.27. The first kappa shape index (κ1) is 24.6. The Balaban J connectivity index is 1.67. The summed E-state index contributed by atoms with van der Waals surface area (Å²) in [5, 5.41) is 1.01. The van der Waals surface area contributed by atoms with Crippen molar-refractivity contribution in [3.63, 3.8) is 0 Å². The van der Waals surface area contributed by atoms with E-state index in [0.717, 1.165) is 44.3 Å². The summed E-state index contributed by atoms with van der Waals surface area (Å²) in [4.78, 5) is 12.2. The maximum Gasteiger partial charge on any atom is 0.310 e. The fourth-order valence-electron chi connectivity index (χ4n) is 4.14. The summed E-state index contributed by atoms with van der Waals surface area (Å²) < 4.78 is 17.3. The molecule has 0 atom stereocenters. The van der Waals surface area contributed by atoms with E-state index in [1.54, 1.807) is 6.26 Å². The summed E-state index contributed by atoms with van der Waals surface area (Å²) in [7, 11) is 0. The van der Waals surface area contributed by atoms with Crippen LogP contribution in [0.2, 0.25) is 0 Å². The van der Waals surface area contributed by atoms with Gasteiger partial charge in [0.15, 0.2) is 0 Å². The number of carbonyl (C=O) groups is 1. The van der Waals surface area contributed by atoms with Gasteiger partial charge >= 0.3 is 5.97 Å². The Labute approximate surface area is 206 Å². The first-order valence-corrected chi connectivity index (χ1v) is 12.0. The molecule has 3 aromatic carbocycles. The Hall–Kier alpha value is -3.57. The third-order valence-electron chi connectivity index (χ3n) is 6.05. The van der Waals surface area contributed by atoms with Crippen LogP contribution in [0.4, 0.5) is 0 Å². The van der Waals surface area contributed by atoms with Crippen LogP contribution < -0.4 is 10.5 Å². The number of nitrogens with two attached hydrogens (primary N) is 1. The molecule has 4 aromatic rings. The van der Waals surface area contributed by atoms with Crippen molar-refractivity contribution in [1.82, 2.24) is 0 Å². The lowest BCUT2D eigenvalue weighted by Gasteiger charge is -2.21. The van der Waals surface area contributed by atoms with E-state index in [-0.39, 0.29) is 17.8 Å². The van der Waals surface area contributed by atoms with E-state index in [9.17, 15) is 4.79 Å². The van der Waals surface area contributed by atoms with Crippen molar-refractivity contribution in [2.75, 3.05) is 6.61 Å². The zero-order valence-corrected chi connectivity index (χ0v) is 20.9. The fourth-order valence-corrected chi connectivity index (χ4v) is 4.14. The molecule has 0 saturated carbocycles. The minimum Gasteiger partial charge on any atom is -0.489 e. The van der Waals surface area contributed by atoms with E-state index in [4.69, 9.17) is 19.6 Å². The van der Waals surface area contributed by atoms with Gasteiger partial charge in [-0.25, -0.2) is 0 Å². The zero-order valence-electron chi connectivity index (χ0n) is 20.9. The maximum atomic E-state index is 12.2. The predicted octanol–water partition coefficient (Wildman–Crippen LogP) is 6.54. The second kappa shape index (κ2) is 10.4. The maximum absolute atomic E-state index is 12.2. The van der Waals surface area contributed by atoms with Crippen LogP contribution in [0.1, 0.15) is 49.9 Å². The number of benzene rings is 3. The first-order valence-electron chi connectivity index (χ1n) is 12.0. The lowest BCUT2D eigenvalue weighted by atomic mass is 9.86. The molecule has 0 unspecified atom stereocenters. The van der Waals surface area contributed by atoms with Crippen LogP contribution in [-0.2, 0) is 34.5 Å². The highest BCUT2D eigenvalue weighted by Crippen LogP contribution is 2.33. The lowest BCUT2D eigenvalue weighted by molar-refractivity contribution is -0.142. The number of furan rings is 1. The fraction of sp³-hybridized carbons (Fsp3) is 0.300. The lowest BCUT2D eigenvalue weighted by Crippen LogP contribution is -2.13. The predicted molar refractivity (Wildman–Crippen MR) is 139 cm³/mol. The zero-order chi connectivity index (χ0) is 25.0. The molecule has 5 nitrogen and oxygen atoms in total. The van der Waals surface area contributed by atoms with Gasteiger partial charge < -0.3 is 19.6 Å². The van der Waals surface area contributed by atoms with E-state index in [1.807, 2.05) is 37.3 Å². The van der Waals surface area contributed by atoms with Crippen LogP contribution in [0.3, 0.4) is 0 Å². The highest BCUT2D eigenvalue weighted by Gasteiger charge is 2.18. The Morgan fingerprint density at radius 2 is 1.83 bits per heavy atom. The van der Waals surface area contributed by atoms with E-state index in [1.165, 1.54) is 0 Å². The van der Waals surface area contributed by atoms with Crippen molar-refractivity contribution in [3.8, 4) is 16.9 Å². The van der Waals surface area contributed by atoms with Crippen LogP contribution >= 0.6 is 0 Å². The van der Waals surface area contributed by atoms with Gasteiger partial charge in [0.05, 0.1) is 19.3 Å². The first-order chi connectivity index (χ1) is 16.8. The summed E-state index contributed by atoms with van der Waals surface area (Å²) in [6.07, 6.45) is 1.88. The number of esters is 1. The molecule has 0 saturated heterocycles. The Morgan fingerprint density at radius 1 is 1.00 bits per heavy atom. The number of fused-ring (bicyclic) bond motifs is 1. The highest BCUT2D eigenvalue weighted by molar-refractivity contribution is 5.93. The molecule has 0 amide bonds. The average molecular weight is 472 g/mol. The van der Waals surface area contributed by atoms with Crippen molar-refractivity contribution in [2.45, 2.75) is 52.7 Å². The summed E-state index contributed by atoms with van der Waals surface area (Å²) >= 11 is 0. The molecule has 0 aliphatic heterocycles. The van der Waals surface area contributed by atoms with Gasteiger partial charge in [-0.3, -0.25) is 4.79 Å². The van der Waals surface area contributed by atoms with Crippen molar-refractivity contribution in [1.29, 1.82) is 0 Å². The SMILES string of the molecule is CCOC(=O)Cc1ccc(C(C)(C)C)cc1OCc1cc(-c2cccc(CN)c2)c2occc2c1. The van der Waals surface area contributed by atoms with Crippen molar-refractivity contribution in [3.05, 3.63) is 89.2 Å². The summed E-state index contributed by atoms with van der Waals surface area (Å²) in [6, 6.07) is 20.4. The van der Waals surface area contributed by atoms with E-state index in [0.29, 0.717) is 25.5 Å². The van der Waals surface area contributed by atoms with Gasteiger partial charge in [0.1, 0.15) is 17.9 Å². The smallest absolute Gasteiger partial charge is 0.310 e. The van der Waals surface area contributed by atoms with Crippen LogP contribution in [0, 0.1) is 0 Å². The molecular formula is C30H33NO4. The largest absolute Gasteiger partial charge is 0.489 e. The summed E-state index contributed by atoms with van der Waals surface area (Å²) in [5.74, 6) is 0.437. The number of hydrogen-bond donors (Lipinski definition) is 1. The number of carbonyl (C=O) groups excluding carboxylic acids is 1. The van der Waals surface area contributed by atoms with Crippen LogP contribution in [0.25, 0.3) is 22.1 Å². The molecule has 182 valence electrons. The van der Waals surface area contributed by atoms with E-state index < -0.39 is 0 Å². The van der Waals surface area contributed by atoms with Crippen LogP contribution in [-0.4, -0.2) is 12.6 Å². The minimum atomic E-state index is -0.261. The molecule has 0 fully saturated rings. The molecule has 0 radical (unpaired) electrons. The molecule has 0 spiro atoms.